The van der Waals surface area contributed by atoms with Crippen LogP contribution in [0.3, 0.4) is 0 Å². The van der Waals surface area contributed by atoms with E-state index in [-0.39, 0.29) is 18.4 Å². The number of rotatable bonds is 2. The molecule has 1 aromatic heterocycles. The van der Waals surface area contributed by atoms with Gasteiger partial charge in [-0.3, -0.25) is 0 Å². The van der Waals surface area contributed by atoms with E-state index in [9.17, 15) is 0 Å². The summed E-state index contributed by atoms with van der Waals surface area (Å²) in [4.78, 5) is 1.29. The van der Waals surface area contributed by atoms with Crippen LogP contribution in [0.5, 0.6) is 0 Å². The summed E-state index contributed by atoms with van der Waals surface area (Å²) in [6.07, 6.45) is 1.03. The average molecular weight is 178 g/mol. The van der Waals surface area contributed by atoms with Gasteiger partial charge in [0.25, 0.3) is 0 Å². The molecule has 0 aliphatic rings. The highest BCUT2D eigenvalue weighted by molar-refractivity contribution is 7.10. The first-order valence-electron chi connectivity index (χ1n) is 3.13. The molecule has 1 nitrogen and oxygen atoms in total. The molecule has 0 saturated carbocycles. The molecule has 0 aliphatic carbocycles. The van der Waals surface area contributed by atoms with Crippen LogP contribution in [0.2, 0.25) is 0 Å². The van der Waals surface area contributed by atoms with Crippen LogP contribution in [-0.2, 0) is 0 Å². The van der Waals surface area contributed by atoms with E-state index in [1.54, 1.807) is 11.3 Å². The predicted octanol–water partition coefficient (Wildman–Crippen LogP) is 2.58. The molecule has 2 N–H and O–H groups in total. The lowest BCUT2D eigenvalue weighted by Gasteiger charge is -2.02. The number of thiophene rings is 1. The van der Waals surface area contributed by atoms with Crippen LogP contribution in [0.25, 0.3) is 0 Å². The third-order valence-electron chi connectivity index (χ3n) is 1.35. The van der Waals surface area contributed by atoms with Gasteiger partial charge in [-0.05, 0) is 17.9 Å². The highest BCUT2D eigenvalue weighted by Crippen LogP contribution is 2.18. The maximum atomic E-state index is 5.75. The van der Waals surface area contributed by atoms with E-state index in [4.69, 9.17) is 5.73 Å². The lowest BCUT2D eigenvalue weighted by molar-refractivity contribution is 0.712. The Morgan fingerprint density at radius 3 is 2.80 bits per heavy atom. The van der Waals surface area contributed by atoms with E-state index in [0.29, 0.717) is 0 Å². The van der Waals surface area contributed by atoms with Gasteiger partial charge in [0.15, 0.2) is 0 Å². The molecule has 0 amide bonds. The first kappa shape index (κ1) is 9.95. The lowest BCUT2D eigenvalue weighted by atomic mass is 10.2. The van der Waals surface area contributed by atoms with Crippen LogP contribution >= 0.6 is 23.7 Å². The fourth-order valence-corrected chi connectivity index (χ4v) is 1.52. The number of nitrogens with two attached hydrogens (primary N) is 1. The summed E-state index contributed by atoms with van der Waals surface area (Å²) in [7, 11) is 0. The Kier molecular flexibility index (Phi) is 4.69. The molecular weight excluding hydrogens is 166 g/mol. The molecule has 10 heavy (non-hydrogen) atoms. The Morgan fingerprint density at radius 1 is 1.70 bits per heavy atom. The summed E-state index contributed by atoms with van der Waals surface area (Å²) in [6, 6.07) is 4.37. The molecule has 0 bridgehead atoms. The second kappa shape index (κ2) is 4.72. The van der Waals surface area contributed by atoms with Crippen LogP contribution in [0.15, 0.2) is 17.5 Å². The fraction of sp³-hybridized carbons (Fsp3) is 0.429. The van der Waals surface area contributed by atoms with E-state index in [0.717, 1.165) is 6.42 Å². The van der Waals surface area contributed by atoms with Crippen molar-refractivity contribution in [3.05, 3.63) is 22.4 Å². The first-order valence-corrected chi connectivity index (χ1v) is 4.01. The van der Waals surface area contributed by atoms with Gasteiger partial charge >= 0.3 is 0 Å². The van der Waals surface area contributed by atoms with Gasteiger partial charge in [-0.25, -0.2) is 0 Å². The highest BCUT2D eigenvalue weighted by atomic mass is 35.5. The predicted molar refractivity (Wildman–Crippen MR) is 48.8 cm³/mol. The second-order valence-electron chi connectivity index (χ2n) is 2.03. The summed E-state index contributed by atoms with van der Waals surface area (Å²) in [5, 5.41) is 2.06. The standard InChI is InChI=1S/C7H11NS.ClH/c1-2-6(8)7-4-3-5-9-7;/h3-6H,2,8H2,1H3;1H/t6-;/m0./s1. The lowest BCUT2D eigenvalue weighted by Crippen LogP contribution is -2.05. The minimum Gasteiger partial charge on any atom is -0.323 e. The molecule has 0 unspecified atom stereocenters. The van der Waals surface area contributed by atoms with Crippen molar-refractivity contribution in [1.29, 1.82) is 0 Å². The van der Waals surface area contributed by atoms with Crippen molar-refractivity contribution in [2.75, 3.05) is 0 Å². The van der Waals surface area contributed by atoms with Gasteiger partial charge in [0.2, 0.25) is 0 Å². The summed E-state index contributed by atoms with van der Waals surface area (Å²) < 4.78 is 0. The van der Waals surface area contributed by atoms with E-state index in [2.05, 4.69) is 18.4 Å². The van der Waals surface area contributed by atoms with Crippen molar-refractivity contribution in [3.8, 4) is 0 Å². The summed E-state index contributed by atoms with van der Waals surface area (Å²) in [6.45, 7) is 2.10. The molecule has 1 aromatic rings. The van der Waals surface area contributed by atoms with Gasteiger partial charge in [0, 0.05) is 10.9 Å². The van der Waals surface area contributed by atoms with E-state index in [1.165, 1.54) is 4.88 Å². The highest BCUT2D eigenvalue weighted by Gasteiger charge is 2.01. The molecule has 0 radical (unpaired) electrons. The van der Waals surface area contributed by atoms with Crippen molar-refractivity contribution >= 4 is 23.7 Å². The Balaban J connectivity index is 0.000000810. The van der Waals surface area contributed by atoms with Crippen LogP contribution in [-0.4, -0.2) is 0 Å². The number of hydrogen-bond donors (Lipinski definition) is 1. The minimum absolute atomic E-state index is 0. The number of halogens is 1. The second-order valence-corrected chi connectivity index (χ2v) is 3.01. The topological polar surface area (TPSA) is 26.0 Å². The summed E-state index contributed by atoms with van der Waals surface area (Å²) in [5.74, 6) is 0. The zero-order valence-corrected chi connectivity index (χ0v) is 7.54. The molecule has 58 valence electrons. The van der Waals surface area contributed by atoms with Crippen molar-refractivity contribution in [1.82, 2.24) is 0 Å². The third kappa shape index (κ3) is 2.29. The van der Waals surface area contributed by atoms with Gasteiger partial charge in [0.05, 0.1) is 0 Å². The van der Waals surface area contributed by atoms with Crippen molar-refractivity contribution in [3.63, 3.8) is 0 Å². The maximum absolute atomic E-state index is 5.75. The van der Waals surface area contributed by atoms with Crippen molar-refractivity contribution in [2.24, 2.45) is 5.73 Å². The fourth-order valence-electron chi connectivity index (χ4n) is 0.703. The van der Waals surface area contributed by atoms with Gasteiger partial charge < -0.3 is 5.73 Å². The summed E-state index contributed by atoms with van der Waals surface area (Å²) >= 11 is 1.73. The minimum atomic E-state index is 0. The molecule has 0 aromatic carbocycles. The van der Waals surface area contributed by atoms with Crippen LogP contribution < -0.4 is 5.73 Å². The van der Waals surface area contributed by atoms with E-state index in [1.807, 2.05) is 6.07 Å². The largest absolute Gasteiger partial charge is 0.323 e. The molecule has 1 heterocycles. The SMILES string of the molecule is CC[C@H](N)c1cccs1.Cl. The molecule has 0 aliphatic heterocycles. The first-order chi connectivity index (χ1) is 4.34. The van der Waals surface area contributed by atoms with E-state index < -0.39 is 0 Å². The quantitative estimate of drug-likeness (QED) is 0.739. The van der Waals surface area contributed by atoms with Crippen molar-refractivity contribution in [2.45, 2.75) is 19.4 Å². The maximum Gasteiger partial charge on any atom is 0.0387 e. The molecule has 3 heteroatoms. The number of hydrogen-bond acceptors (Lipinski definition) is 2. The van der Waals surface area contributed by atoms with Crippen molar-refractivity contribution < 1.29 is 0 Å². The molecular formula is C7H12ClNS. The Hall–Kier alpha value is -0.0500. The molecule has 1 rings (SSSR count). The zero-order chi connectivity index (χ0) is 6.69. The molecule has 0 fully saturated rings. The Bertz CT molecular complexity index is 162. The van der Waals surface area contributed by atoms with Gasteiger partial charge in [-0.15, -0.1) is 23.7 Å². The monoisotopic (exact) mass is 177 g/mol. The Morgan fingerprint density at radius 2 is 2.40 bits per heavy atom. The molecule has 0 spiro atoms. The van der Waals surface area contributed by atoms with Gasteiger partial charge in [-0.2, -0.15) is 0 Å². The van der Waals surface area contributed by atoms with Gasteiger partial charge in [-0.1, -0.05) is 13.0 Å². The Labute approximate surface area is 71.7 Å². The normalized spacial score (nSPS) is 12.2. The van der Waals surface area contributed by atoms with Crippen LogP contribution in [0, 0.1) is 0 Å². The van der Waals surface area contributed by atoms with Crippen LogP contribution in [0.4, 0.5) is 0 Å². The zero-order valence-electron chi connectivity index (χ0n) is 5.91. The molecule has 1 atom stereocenters. The average Bonchev–Trinajstić information content (AvgIpc) is 2.37. The van der Waals surface area contributed by atoms with Gasteiger partial charge in [0.1, 0.15) is 0 Å². The molecule has 0 saturated heterocycles. The van der Waals surface area contributed by atoms with Crippen LogP contribution in [0.1, 0.15) is 24.3 Å². The third-order valence-corrected chi connectivity index (χ3v) is 2.35. The smallest absolute Gasteiger partial charge is 0.0387 e. The summed E-state index contributed by atoms with van der Waals surface area (Å²) in [5.41, 5.74) is 5.75. The van der Waals surface area contributed by atoms with E-state index >= 15 is 0 Å².